The predicted octanol–water partition coefficient (Wildman–Crippen LogP) is 1.71. The summed E-state index contributed by atoms with van der Waals surface area (Å²) in [6, 6.07) is 0. The Kier molecular flexibility index (Phi) is 5.92. The second kappa shape index (κ2) is 6.97. The monoisotopic (exact) mass is 242 g/mol. The summed E-state index contributed by atoms with van der Waals surface area (Å²) in [5, 5.41) is 12.0. The average molecular weight is 242 g/mol. The molecule has 1 rings (SSSR count). The van der Waals surface area contributed by atoms with Crippen molar-refractivity contribution in [3.8, 4) is 0 Å². The molecule has 1 saturated heterocycles. The first kappa shape index (κ1) is 14.5. The maximum absolute atomic E-state index is 11.1. The molecule has 4 heteroatoms. The van der Waals surface area contributed by atoms with Crippen LogP contribution in [-0.4, -0.2) is 48.2 Å². The third-order valence-corrected chi connectivity index (χ3v) is 3.87. The quantitative estimate of drug-likeness (QED) is 0.744. The van der Waals surface area contributed by atoms with Gasteiger partial charge in [0.2, 0.25) is 0 Å². The zero-order valence-corrected chi connectivity index (χ0v) is 11.2. The number of nitrogens with one attached hydrogen (secondary N) is 1. The average Bonchev–Trinajstić information content (AvgIpc) is 2.57. The molecule has 0 radical (unpaired) electrons. The number of hydrogen-bond acceptors (Lipinski definition) is 3. The molecule has 0 amide bonds. The van der Waals surface area contributed by atoms with Gasteiger partial charge in [0.15, 0.2) is 0 Å². The summed E-state index contributed by atoms with van der Waals surface area (Å²) in [5.74, 6) is -0.754. The molecule has 100 valence electrons. The van der Waals surface area contributed by atoms with E-state index in [1.165, 1.54) is 38.8 Å². The van der Waals surface area contributed by atoms with E-state index >= 15 is 0 Å². The van der Waals surface area contributed by atoms with Crippen LogP contribution < -0.4 is 5.32 Å². The Balaban J connectivity index is 2.28. The largest absolute Gasteiger partial charge is 0.480 e. The maximum Gasteiger partial charge on any atom is 0.323 e. The fraction of sp³-hybridized carbons (Fsp3) is 0.923. The molecule has 0 bridgehead atoms. The summed E-state index contributed by atoms with van der Waals surface area (Å²) in [6.07, 6.45) is 6.92. The number of carboxylic acids is 1. The number of likely N-dealkylation sites (tertiary alicyclic amines) is 1. The summed E-state index contributed by atoms with van der Waals surface area (Å²) in [5.41, 5.74) is -0.772. The van der Waals surface area contributed by atoms with E-state index in [9.17, 15) is 4.79 Å². The highest BCUT2D eigenvalue weighted by atomic mass is 16.4. The highest BCUT2D eigenvalue weighted by Gasteiger charge is 2.30. The van der Waals surface area contributed by atoms with Crippen LogP contribution in [0.5, 0.6) is 0 Å². The molecule has 1 aliphatic heterocycles. The van der Waals surface area contributed by atoms with E-state index < -0.39 is 11.5 Å². The minimum Gasteiger partial charge on any atom is -0.480 e. The summed E-state index contributed by atoms with van der Waals surface area (Å²) < 4.78 is 0. The number of aliphatic carboxylic acids is 1. The smallest absolute Gasteiger partial charge is 0.323 e. The Morgan fingerprint density at radius 3 is 2.35 bits per heavy atom. The van der Waals surface area contributed by atoms with Gasteiger partial charge in [0, 0.05) is 0 Å². The second-order valence-electron chi connectivity index (χ2n) is 5.25. The number of carbonyl (C=O) groups is 1. The minimum atomic E-state index is -0.772. The lowest BCUT2D eigenvalue weighted by Crippen LogP contribution is -2.47. The fourth-order valence-corrected chi connectivity index (χ4v) is 2.35. The highest BCUT2D eigenvalue weighted by Crippen LogP contribution is 2.15. The highest BCUT2D eigenvalue weighted by molar-refractivity contribution is 5.78. The van der Waals surface area contributed by atoms with Gasteiger partial charge in [-0.25, -0.2) is 0 Å². The predicted molar refractivity (Wildman–Crippen MR) is 69.2 cm³/mol. The number of nitrogens with zero attached hydrogens (tertiary/aromatic N) is 1. The van der Waals surface area contributed by atoms with Gasteiger partial charge in [-0.05, 0) is 59.3 Å². The van der Waals surface area contributed by atoms with Gasteiger partial charge in [-0.1, -0.05) is 12.8 Å². The molecule has 1 atom stereocenters. The molecule has 0 spiro atoms. The summed E-state index contributed by atoms with van der Waals surface area (Å²) in [6.45, 7) is 5.16. The summed E-state index contributed by atoms with van der Waals surface area (Å²) >= 11 is 0. The molecule has 0 saturated carbocycles. The molecule has 0 aromatic carbocycles. The first-order valence-corrected chi connectivity index (χ1v) is 6.73. The van der Waals surface area contributed by atoms with E-state index in [0.29, 0.717) is 6.42 Å². The molecular formula is C13H26N2O2. The van der Waals surface area contributed by atoms with Gasteiger partial charge in [0.05, 0.1) is 0 Å². The molecule has 0 aromatic rings. The molecule has 2 N–H and O–H groups in total. The van der Waals surface area contributed by atoms with Gasteiger partial charge in [0.25, 0.3) is 0 Å². The van der Waals surface area contributed by atoms with Crippen molar-refractivity contribution >= 4 is 5.97 Å². The van der Waals surface area contributed by atoms with Crippen LogP contribution in [0.2, 0.25) is 0 Å². The van der Waals surface area contributed by atoms with Gasteiger partial charge < -0.3 is 15.3 Å². The van der Waals surface area contributed by atoms with Crippen molar-refractivity contribution in [2.75, 3.05) is 26.7 Å². The lowest BCUT2D eigenvalue weighted by atomic mass is 9.96. The van der Waals surface area contributed by atoms with Crippen molar-refractivity contribution in [3.05, 3.63) is 0 Å². The summed E-state index contributed by atoms with van der Waals surface area (Å²) in [7, 11) is 1.72. The van der Waals surface area contributed by atoms with Crippen molar-refractivity contribution in [2.45, 2.75) is 51.0 Å². The van der Waals surface area contributed by atoms with Gasteiger partial charge in [-0.3, -0.25) is 4.79 Å². The Morgan fingerprint density at radius 2 is 1.88 bits per heavy atom. The standard InChI is InChI=1S/C13H26N2O2/c1-13(14-2,12(16)17)8-7-11-15-9-5-3-4-6-10-15/h14H,3-11H2,1-2H3,(H,16,17). The number of likely N-dealkylation sites (N-methyl/N-ethyl adjacent to an activating group) is 1. The van der Waals surface area contributed by atoms with Gasteiger partial charge >= 0.3 is 5.97 Å². The van der Waals surface area contributed by atoms with Crippen LogP contribution in [0.15, 0.2) is 0 Å². The molecule has 0 aliphatic carbocycles. The van der Waals surface area contributed by atoms with E-state index in [4.69, 9.17) is 5.11 Å². The molecule has 17 heavy (non-hydrogen) atoms. The van der Waals surface area contributed by atoms with Crippen LogP contribution in [0.4, 0.5) is 0 Å². The first-order chi connectivity index (χ1) is 8.08. The molecule has 0 aromatic heterocycles. The molecule has 4 nitrogen and oxygen atoms in total. The van der Waals surface area contributed by atoms with Crippen LogP contribution in [0.3, 0.4) is 0 Å². The maximum atomic E-state index is 11.1. The summed E-state index contributed by atoms with van der Waals surface area (Å²) in [4.78, 5) is 13.6. The second-order valence-corrected chi connectivity index (χ2v) is 5.25. The molecule has 1 unspecified atom stereocenters. The minimum absolute atomic E-state index is 0.690. The van der Waals surface area contributed by atoms with Crippen LogP contribution in [0.1, 0.15) is 45.4 Å². The number of carboxylic acid groups (broad SMARTS) is 1. The normalized spacial score (nSPS) is 21.8. The van der Waals surface area contributed by atoms with E-state index in [1.807, 2.05) is 0 Å². The van der Waals surface area contributed by atoms with Gasteiger partial charge in [0.1, 0.15) is 5.54 Å². The van der Waals surface area contributed by atoms with Crippen molar-refractivity contribution in [2.24, 2.45) is 0 Å². The SMILES string of the molecule is CNC(C)(CCCN1CCCCCC1)C(=O)O. The Morgan fingerprint density at radius 1 is 1.29 bits per heavy atom. The zero-order chi connectivity index (χ0) is 12.7. The molecular weight excluding hydrogens is 216 g/mol. The molecule has 1 heterocycles. The molecule has 1 fully saturated rings. The van der Waals surface area contributed by atoms with Crippen LogP contribution in [0, 0.1) is 0 Å². The van der Waals surface area contributed by atoms with Crippen LogP contribution >= 0.6 is 0 Å². The third kappa shape index (κ3) is 4.64. The number of rotatable bonds is 6. The molecule has 1 aliphatic rings. The van der Waals surface area contributed by atoms with E-state index in [2.05, 4.69) is 10.2 Å². The van der Waals surface area contributed by atoms with Crippen LogP contribution in [0.25, 0.3) is 0 Å². The van der Waals surface area contributed by atoms with Crippen molar-refractivity contribution in [1.29, 1.82) is 0 Å². The Hall–Kier alpha value is -0.610. The van der Waals surface area contributed by atoms with E-state index in [-0.39, 0.29) is 0 Å². The Labute approximate surface area is 104 Å². The van der Waals surface area contributed by atoms with Gasteiger partial charge in [-0.2, -0.15) is 0 Å². The van der Waals surface area contributed by atoms with E-state index in [0.717, 1.165) is 13.0 Å². The lowest BCUT2D eigenvalue weighted by molar-refractivity contribution is -0.144. The van der Waals surface area contributed by atoms with Crippen molar-refractivity contribution in [1.82, 2.24) is 10.2 Å². The first-order valence-electron chi connectivity index (χ1n) is 6.73. The Bertz CT molecular complexity index is 238. The van der Waals surface area contributed by atoms with Crippen LogP contribution in [-0.2, 0) is 4.79 Å². The van der Waals surface area contributed by atoms with Gasteiger partial charge in [-0.15, -0.1) is 0 Å². The van der Waals surface area contributed by atoms with Crippen molar-refractivity contribution in [3.63, 3.8) is 0 Å². The topological polar surface area (TPSA) is 52.6 Å². The third-order valence-electron chi connectivity index (χ3n) is 3.87. The zero-order valence-electron chi connectivity index (χ0n) is 11.2. The van der Waals surface area contributed by atoms with E-state index in [1.54, 1.807) is 14.0 Å². The fourth-order valence-electron chi connectivity index (χ4n) is 2.35. The lowest BCUT2D eigenvalue weighted by Gasteiger charge is -2.26. The van der Waals surface area contributed by atoms with Crippen molar-refractivity contribution < 1.29 is 9.90 Å². The number of hydrogen-bond donors (Lipinski definition) is 2.